The van der Waals surface area contributed by atoms with Crippen molar-refractivity contribution >= 4 is 33.1 Å². The number of fused-ring (bicyclic) bond motifs is 1. The Balaban J connectivity index is 1.41. The first-order chi connectivity index (χ1) is 17.2. The number of nitrogens with one attached hydrogen (secondary N) is 2. The zero-order valence-electron chi connectivity index (χ0n) is 19.3. The second-order valence-electron chi connectivity index (χ2n) is 8.58. The molecule has 1 amide bonds. The number of carbonyl (C=O) groups is 1. The van der Waals surface area contributed by atoms with E-state index in [1.54, 1.807) is 53.2 Å². The number of benzene rings is 1. The molecule has 1 aromatic carbocycles. The van der Waals surface area contributed by atoms with Gasteiger partial charge in [-0.25, -0.2) is 19.5 Å². The lowest BCUT2D eigenvalue weighted by Crippen LogP contribution is -2.46. The van der Waals surface area contributed by atoms with Gasteiger partial charge in [0.25, 0.3) is 16.1 Å². The highest BCUT2D eigenvalue weighted by Gasteiger charge is 2.24. The van der Waals surface area contributed by atoms with Gasteiger partial charge in [-0.15, -0.1) is 0 Å². The standard InChI is InChI=1S/C22H24FN9O3S/c1-30-12-14(11-26-30)20-21-25-6-9-32(21)13-18(27-20)22(33)28-17-10-15(23)2-3-19(17)31-7-4-16(5-8-31)29-36(24,34)35/h2-3,6,9-13,16,29H,4-5,7-8H2,1H3,(H,28,33)(H2,24,34,35). The molecule has 4 aromatic rings. The molecule has 14 heteroatoms. The molecule has 36 heavy (non-hydrogen) atoms. The van der Waals surface area contributed by atoms with Gasteiger partial charge < -0.3 is 14.6 Å². The first-order valence-electron chi connectivity index (χ1n) is 11.1. The number of hydrogen-bond donors (Lipinski definition) is 3. The molecule has 4 N–H and O–H groups in total. The van der Waals surface area contributed by atoms with Crippen LogP contribution in [0.3, 0.4) is 0 Å². The van der Waals surface area contributed by atoms with Gasteiger partial charge in [0.05, 0.1) is 17.6 Å². The predicted molar refractivity (Wildman–Crippen MR) is 131 cm³/mol. The maximum Gasteiger partial charge on any atom is 0.275 e. The Kier molecular flexibility index (Phi) is 6.15. The van der Waals surface area contributed by atoms with Crippen molar-refractivity contribution in [2.45, 2.75) is 18.9 Å². The molecule has 5 rings (SSSR count). The lowest BCUT2D eigenvalue weighted by Gasteiger charge is -2.34. The van der Waals surface area contributed by atoms with Crippen LogP contribution < -0.4 is 20.1 Å². The fourth-order valence-electron chi connectivity index (χ4n) is 4.32. The number of imidazole rings is 1. The van der Waals surface area contributed by atoms with Crippen LogP contribution in [-0.4, -0.2) is 57.6 Å². The largest absolute Gasteiger partial charge is 0.370 e. The number of nitrogens with two attached hydrogens (primary N) is 1. The highest BCUT2D eigenvalue weighted by atomic mass is 32.2. The molecular formula is C22H24FN9O3S. The van der Waals surface area contributed by atoms with E-state index in [0.717, 1.165) is 0 Å². The van der Waals surface area contributed by atoms with Crippen LogP contribution in [-0.2, 0) is 17.3 Å². The van der Waals surface area contributed by atoms with Gasteiger partial charge in [0, 0.05) is 56.5 Å². The summed E-state index contributed by atoms with van der Waals surface area (Å²) >= 11 is 0. The Bertz CT molecular complexity index is 1540. The van der Waals surface area contributed by atoms with E-state index >= 15 is 0 Å². The number of amides is 1. The molecule has 0 aliphatic carbocycles. The molecule has 1 aliphatic rings. The Morgan fingerprint density at radius 3 is 2.69 bits per heavy atom. The number of piperidine rings is 1. The minimum absolute atomic E-state index is 0.116. The van der Waals surface area contributed by atoms with Crippen molar-refractivity contribution < 1.29 is 17.6 Å². The molecule has 1 fully saturated rings. The van der Waals surface area contributed by atoms with Crippen molar-refractivity contribution in [1.29, 1.82) is 0 Å². The molecular weight excluding hydrogens is 489 g/mol. The Labute approximate surface area is 206 Å². The summed E-state index contributed by atoms with van der Waals surface area (Å²) in [7, 11) is -2.01. The number of aromatic nitrogens is 5. The zero-order valence-corrected chi connectivity index (χ0v) is 20.1. The summed E-state index contributed by atoms with van der Waals surface area (Å²) in [6.45, 7) is 0.984. The third-order valence-corrected chi connectivity index (χ3v) is 6.62. The highest BCUT2D eigenvalue weighted by molar-refractivity contribution is 7.87. The van der Waals surface area contributed by atoms with E-state index < -0.39 is 21.9 Å². The van der Waals surface area contributed by atoms with E-state index in [4.69, 9.17) is 5.14 Å². The number of hydrogen-bond acceptors (Lipinski definition) is 7. The number of halogens is 1. The first kappa shape index (κ1) is 23.8. The fraction of sp³-hybridized carbons (Fsp3) is 0.273. The maximum atomic E-state index is 14.2. The van der Waals surface area contributed by atoms with Crippen molar-refractivity contribution in [2.24, 2.45) is 12.2 Å². The quantitative estimate of drug-likeness (QED) is 0.351. The summed E-state index contributed by atoms with van der Waals surface area (Å²) in [5.41, 5.74) is 2.78. The average Bonchev–Trinajstić information content (AvgIpc) is 3.47. The molecule has 1 aliphatic heterocycles. The summed E-state index contributed by atoms with van der Waals surface area (Å²) < 4.78 is 42.6. The van der Waals surface area contributed by atoms with Gasteiger partial charge in [-0.3, -0.25) is 9.48 Å². The smallest absolute Gasteiger partial charge is 0.275 e. The first-order valence-corrected chi connectivity index (χ1v) is 12.7. The van der Waals surface area contributed by atoms with Crippen LogP contribution in [0.15, 0.2) is 49.2 Å². The van der Waals surface area contributed by atoms with Crippen molar-refractivity contribution in [1.82, 2.24) is 28.9 Å². The third-order valence-electron chi connectivity index (χ3n) is 5.96. The maximum absolute atomic E-state index is 14.2. The van der Waals surface area contributed by atoms with E-state index in [9.17, 15) is 17.6 Å². The van der Waals surface area contributed by atoms with Gasteiger partial charge in [-0.2, -0.15) is 18.2 Å². The molecule has 4 heterocycles. The Morgan fingerprint density at radius 2 is 2.00 bits per heavy atom. The molecule has 3 aromatic heterocycles. The lowest BCUT2D eigenvalue weighted by molar-refractivity contribution is 0.102. The van der Waals surface area contributed by atoms with Crippen LogP contribution in [0.1, 0.15) is 23.3 Å². The molecule has 0 atom stereocenters. The molecule has 0 unspecified atom stereocenters. The molecule has 12 nitrogen and oxygen atoms in total. The minimum Gasteiger partial charge on any atom is -0.370 e. The van der Waals surface area contributed by atoms with Crippen molar-refractivity contribution in [3.05, 3.63) is 60.7 Å². The van der Waals surface area contributed by atoms with Gasteiger partial charge in [0.15, 0.2) is 5.65 Å². The van der Waals surface area contributed by atoms with Crippen LogP contribution >= 0.6 is 0 Å². The second-order valence-corrected chi connectivity index (χ2v) is 9.90. The number of aryl methyl sites for hydroxylation is 1. The minimum atomic E-state index is -3.79. The molecule has 0 radical (unpaired) electrons. The SMILES string of the molecule is Cn1cc(-c2nc(C(=O)Nc3cc(F)ccc3N3CCC(NS(N)(=O)=O)CC3)cn3ccnc23)cn1. The van der Waals surface area contributed by atoms with Crippen LogP contribution in [0.2, 0.25) is 0 Å². The molecule has 188 valence electrons. The van der Waals surface area contributed by atoms with E-state index in [0.29, 0.717) is 48.5 Å². The summed E-state index contributed by atoms with van der Waals surface area (Å²) in [6, 6.07) is 3.87. The van der Waals surface area contributed by atoms with Gasteiger partial charge in [0.2, 0.25) is 0 Å². The predicted octanol–water partition coefficient (Wildman–Crippen LogP) is 1.28. The van der Waals surface area contributed by atoms with Crippen molar-refractivity contribution in [2.75, 3.05) is 23.3 Å². The summed E-state index contributed by atoms with van der Waals surface area (Å²) in [5.74, 6) is -1.03. The van der Waals surface area contributed by atoms with E-state index in [1.165, 1.54) is 12.1 Å². The number of anilines is 2. The summed E-state index contributed by atoms with van der Waals surface area (Å²) in [6.07, 6.45) is 9.30. The fourth-order valence-corrected chi connectivity index (χ4v) is 5.02. The van der Waals surface area contributed by atoms with E-state index in [1.807, 2.05) is 4.90 Å². The third kappa shape index (κ3) is 5.05. The normalized spacial score (nSPS) is 14.9. The summed E-state index contributed by atoms with van der Waals surface area (Å²) in [4.78, 5) is 24.1. The van der Waals surface area contributed by atoms with Crippen molar-refractivity contribution in [3.8, 4) is 11.3 Å². The lowest BCUT2D eigenvalue weighted by atomic mass is 10.0. The highest BCUT2D eigenvalue weighted by Crippen LogP contribution is 2.30. The monoisotopic (exact) mass is 513 g/mol. The van der Waals surface area contributed by atoms with E-state index in [-0.39, 0.29) is 17.4 Å². The number of rotatable bonds is 6. The van der Waals surface area contributed by atoms with Crippen LogP contribution in [0.5, 0.6) is 0 Å². The number of nitrogens with zero attached hydrogens (tertiary/aromatic N) is 6. The zero-order chi connectivity index (χ0) is 25.4. The molecule has 0 saturated carbocycles. The van der Waals surface area contributed by atoms with Crippen LogP contribution in [0.4, 0.5) is 15.8 Å². The van der Waals surface area contributed by atoms with Gasteiger partial charge in [0.1, 0.15) is 17.2 Å². The van der Waals surface area contributed by atoms with Crippen LogP contribution in [0, 0.1) is 5.82 Å². The molecule has 0 bridgehead atoms. The second kappa shape index (κ2) is 9.29. The topological polar surface area (TPSA) is 153 Å². The van der Waals surface area contributed by atoms with Gasteiger partial charge in [-0.1, -0.05) is 0 Å². The molecule has 1 saturated heterocycles. The summed E-state index contributed by atoms with van der Waals surface area (Å²) in [5, 5.41) is 12.0. The Hall–Kier alpha value is -3.88. The molecule has 0 spiro atoms. The average molecular weight is 514 g/mol. The van der Waals surface area contributed by atoms with Crippen molar-refractivity contribution in [3.63, 3.8) is 0 Å². The van der Waals surface area contributed by atoms with E-state index in [2.05, 4.69) is 25.1 Å². The Morgan fingerprint density at radius 1 is 1.22 bits per heavy atom. The van der Waals surface area contributed by atoms with Gasteiger partial charge >= 0.3 is 0 Å². The number of carbonyl (C=O) groups excluding carboxylic acids is 1. The van der Waals surface area contributed by atoms with Gasteiger partial charge in [-0.05, 0) is 31.0 Å². The van der Waals surface area contributed by atoms with Crippen LogP contribution in [0.25, 0.3) is 16.9 Å².